The van der Waals surface area contributed by atoms with E-state index in [-0.39, 0.29) is 5.91 Å². The average Bonchev–Trinajstić information content (AvgIpc) is 3.08. The summed E-state index contributed by atoms with van der Waals surface area (Å²) in [6, 6.07) is 0. The van der Waals surface area contributed by atoms with Crippen LogP contribution in [0, 0.1) is 13.8 Å². The summed E-state index contributed by atoms with van der Waals surface area (Å²) in [5.74, 6) is 0.117. The second-order valence-corrected chi connectivity index (χ2v) is 6.82. The van der Waals surface area contributed by atoms with Gasteiger partial charge in [0.1, 0.15) is 4.88 Å². The van der Waals surface area contributed by atoms with Gasteiger partial charge in [0, 0.05) is 37.8 Å². The molecule has 0 aliphatic carbocycles. The van der Waals surface area contributed by atoms with Gasteiger partial charge >= 0.3 is 0 Å². The molecule has 0 bridgehead atoms. The molecule has 3 rings (SSSR count). The van der Waals surface area contributed by atoms with E-state index >= 15 is 0 Å². The van der Waals surface area contributed by atoms with Crippen molar-refractivity contribution >= 4 is 33.7 Å². The third-order valence-corrected chi connectivity index (χ3v) is 5.25. The average molecular weight is 308 g/mol. The summed E-state index contributed by atoms with van der Waals surface area (Å²) in [4.78, 5) is 26.1. The predicted molar refractivity (Wildman–Crippen MR) is 81.8 cm³/mol. The van der Waals surface area contributed by atoms with Crippen molar-refractivity contribution in [2.45, 2.75) is 13.8 Å². The fourth-order valence-corrected chi connectivity index (χ4v) is 3.93. The number of thiazole rings is 2. The van der Waals surface area contributed by atoms with Gasteiger partial charge in [-0.25, -0.2) is 9.97 Å². The van der Waals surface area contributed by atoms with Gasteiger partial charge in [0.15, 0.2) is 5.13 Å². The van der Waals surface area contributed by atoms with Crippen LogP contribution in [0.2, 0.25) is 0 Å². The maximum Gasteiger partial charge on any atom is 0.265 e. The van der Waals surface area contributed by atoms with E-state index in [9.17, 15) is 4.79 Å². The number of hydrogen-bond donors (Lipinski definition) is 0. The van der Waals surface area contributed by atoms with Crippen LogP contribution in [-0.4, -0.2) is 47.0 Å². The van der Waals surface area contributed by atoms with E-state index in [2.05, 4.69) is 14.9 Å². The molecule has 0 atom stereocenters. The Morgan fingerprint density at radius 3 is 2.55 bits per heavy atom. The van der Waals surface area contributed by atoms with Crippen LogP contribution >= 0.6 is 22.7 Å². The quantitative estimate of drug-likeness (QED) is 0.853. The molecule has 20 heavy (non-hydrogen) atoms. The third kappa shape index (κ3) is 2.55. The lowest BCUT2D eigenvalue weighted by molar-refractivity contribution is 0.0750. The van der Waals surface area contributed by atoms with E-state index in [1.807, 2.05) is 30.3 Å². The molecule has 1 aliphatic rings. The van der Waals surface area contributed by atoms with Gasteiger partial charge in [-0.3, -0.25) is 4.79 Å². The smallest absolute Gasteiger partial charge is 0.265 e. The van der Waals surface area contributed by atoms with E-state index in [0.29, 0.717) is 0 Å². The number of nitrogens with zero attached hydrogens (tertiary/aromatic N) is 4. The van der Waals surface area contributed by atoms with Crippen LogP contribution in [0.25, 0.3) is 0 Å². The van der Waals surface area contributed by atoms with Crippen molar-refractivity contribution in [3.05, 3.63) is 27.2 Å². The van der Waals surface area contributed by atoms with Crippen molar-refractivity contribution in [2.75, 3.05) is 31.1 Å². The van der Waals surface area contributed by atoms with Crippen molar-refractivity contribution in [3.8, 4) is 0 Å². The number of rotatable bonds is 2. The van der Waals surface area contributed by atoms with Gasteiger partial charge in [-0.1, -0.05) is 0 Å². The summed E-state index contributed by atoms with van der Waals surface area (Å²) in [5, 5.41) is 3.98. The van der Waals surface area contributed by atoms with Gasteiger partial charge in [0.05, 0.1) is 10.7 Å². The summed E-state index contributed by atoms with van der Waals surface area (Å²) < 4.78 is 0. The molecule has 2 aromatic rings. The first-order valence-electron chi connectivity index (χ1n) is 6.53. The lowest BCUT2D eigenvalue weighted by atomic mass is 10.3. The molecular formula is C13H16N4OS2. The van der Waals surface area contributed by atoms with E-state index < -0.39 is 0 Å². The van der Waals surface area contributed by atoms with Crippen LogP contribution in [0.15, 0.2) is 11.6 Å². The van der Waals surface area contributed by atoms with Crippen LogP contribution in [0.5, 0.6) is 0 Å². The van der Waals surface area contributed by atoms with Gasteiger partial charge < -0.3 is 9.80 Å². The molecule has 1 aliphatic heterocycles. The number of aromatic nitrogens is 2. The molecule has 5 nitrogen and oxygen atoms in total. The van der Waals surface area contributed by atoms with Crippen molar-refractivity contribution in [1.82, 2.24) is 14.9 Å². The zero-order valence-corrected chi connectivity index (χ0v) is 13.1. The Morgan fingerprint density at radius 1 is 1.25 bits per heavy atom. The highest BCUT2D eigenvalue weighted by Gasteiger charge is 2.25. The minimum Gasteiger partial charge on any atom is -0.345 e. The zero-order valence-electron chi connectivity index (χ0n) is 11.5. The molecule has 0 unspecified atom stereocenters. The summed E-state index contributed by atoms with van der Waals surface area (Å²) in [6.45, 7) is 7.02. The highest BCUT2D eigenvalue weighted by molar-refractivity contribution is 7.14. The van der Waals surface area contributed by atoms with Crippen molar-refractivity contribution in [3.63, 3.8) is 0 Å². The Labute approximate surface area is 125 Å². The highest BCUT2D eigenvalue weighted by Crippen LogP contribution is 2.22. The fraction of sp³-hybridized carbons (Fsp3) is 0.462. The molecule has 7 heteroatoms. The van der Waals surface area contributed by atoms with E-state index in [1.165, 1.54) is 11.3 Å². The Bertz CT molecular complexity index is 600. The number of hydrogen-bond acceptors (Lipinski definition) is 6. The minimum atomic E-state index is 0.117. The van der Waals surface area contributed by atoms with Gasteiger partial charge in [-0.2, -0.15) is 0 Å². The topological polar surface area (TPSA) is 49.3 Å². The van der Waals surface area contributed by atoms with Crippen LogP contribution < -0.4 is 4.90 Å². The van der Waals surface area contributed by atoms with E-state index in [4.69, 9.17) is 0 Å². The van der Waals surface area contributed by atoms with Gasteiger partial charge in [0.25, 0.3) is 5.91 Å². The van der Waals surface area contributed by atoms with Crippen molar-refractivity contribution < 1.29 is 4.79 Å². The molecule has 0 N–H and O–H groups in total. The second kappa shape index (κ2) is 5.49. The number of carbonyl (C=O) groups is 1. The highest BCUT2D eigenvalue weighted by atomic mass is 32.1. The van der Waals surface area contributed by atoms with Gasteiger partial charge in [0.2, 0.25) is 0 Å². The van der Waals surface area contributed by atoms with Gasteiger partial charge in [-0.15, -0.1) is 22.7 Å². The molecule has 0 radical (unpaired) electrons. The molecule has 1 saturated heterocycles. The first kappa shape index (κ1) is 13.5. The van der Waals surface area contributed by atoms with E-state index in [0.717, 1.165) is 46.9 Å². The molecule has 2 aromatic heterocycles. The standard InChI is InChI=1S/C13H16N4OS2/c1-9-11(20-10(2)15-9)12(18)16-4-6-17(7-5-16)13-14-3-8-19-13/h3,8H,4-7H2,1-2H3. The molecule has 1 fully saturated rings. The monoisotopic (exact) mass is 308 g/mol. The summed E-state index contributed by atoms with van der Waals surface area (Å²) in [7, 11) is 0. The summed E-state index contributed by atoms with van der Waals surface area (Å²) in [5.41, 5.74) is 0.847. The number of carbonyl (C=O) groups excluding carboxylic acids is 1. The number of amides is 1. The Kier molecular flexibility index (Phi) is 3.71. The van der Waals surface area contributed by atoms with Crippen LogP contribution in [0.4, 0.5) is 5.13 Å². The lowest BCUT2D eigenvalue weighted by Gasteiger charge is -2.34. The molecule has 0 aromatic carbocycles. The summed E-state index contributed by atoms with van der Waals surface area (Å²) in [6.07, 6.45) is 1.82. The Balaban J connectivity index is 1.66. The second-order valence-electron chi connectivity index (χ2n) is 4.74. The maximum atomic E-state index is 12.5. The fourth-order valence-electron chi connectivity index (χ4n) is 2.35. The minimum absolute atomic E-state index is 0.117. The number of piperazine rings is 1. The lowest BCUT2D eigenvalue weighted by Crippen LogP contribution is -2.48. The Hall–Kier alpha value is -1.47. The maximum absolute atomic E-state index is 12.5. The molecular weight excluding hydrogens is 292 g/mol. The van der Waals surface area contributed by atoms with Crippen molar-refractivity contribution in [1.29, 1.82) is 0 Å². The SMILES string of the molecule is Cc1nc(C)c(C(=O)N2CCN(c3nccs3)CC2)s1. The normalized spacial score (nSPS) is 15.7. The molecule has 106 valence electrons. The molecule has 1 amide bonds. The summed E-state index contributed by atoms with van der Waals surface area (Å²) >= 11 is 3.13. The predicted octanol–water partition coefficient (Wildman–Crippen LogP) is 2.18. The molecule has 0 spiro atoms. The van der Waals surface area contributed by atoms with Gasteiger partial charge in [-0.05, 0) is 13.8 Å². The number of aryl methyl sites for hydroxylation is 2. The molecule has 0 saturated carbocycles. The first-order chi connectivity index (χ1) is 9.65. The van der Waals surface area contributed by atoms with Crippen molar-refractivity contribution in [2.24, 2.45) is 0 Å². The third-order valence-electron chi connectivity index (χ3n) is 3.35. The zero-order chi connectivity index (χ0) is 14.1. The van der Waals surface area contributed by atoms with E-state index in [1.54, 1.807) is 11.3 Å². The largest absolute Gasteiger partial charge is 0.345 e. The first-order valence-corrected chi connectivity index (χ1v) is 8.22. The number of anilines is 1. The van der Waals surface area contributed by atoms with Crippen LogP contribution in [0.1, 0.15) is 20.4 Å². The van der Waals surface area contributed by atoms with Crippen LogP contribution in [-0.2, 0) is 0 Å². The molecule has 3 heterocycles. The van der Waals surface area contributed by atoms with Crippen LogP contribution in [0.3, 0.4) is 0 Å². The Morgan fingerprint density at radius 2 is 2.00 bits per heavy atom.